The van der Waals surface area contributed by atoms with Crippen LogP contribution in [0.3, 0.4) is 0 Å². The van der Waals surface area contributed by atoms with E-state index in [4.69, 9.17) is 0 Å². The van der Waals surface area contributed by atoms with Crippen LogP contribution in [0.15, 0.2) is 70.3 Å². The Labute approximate surface area is 206 Å². The van der Waals surface area contributed by atoms with Crippen molar-refractivity contribution in [3.05, 3.63) is 87.4 Å². The number of carbonyl (C=O) groups is 1. The lowest BCUT2D eigenvalue weighted by atomic mass is 10.1. The summed E-state index contributed by atoms with van der Waals surface area (Å²) in [6.07, 6.45) is 0. The molecule has 0 spiro atoms. The highest BCUT2D eigenvalue weighted by molar-refractivity contribution is 9.10. The summed E-state index contributed by atoms with van der Waals surface area (Å²) in [5, 5.41) is 12.6. The van der Waals surface area contributed by atoms with Crippen LogP contribution < -0.4 is 5.32 Å². The Morgan fingerprint density at radius 1 is 0.939 bits per heavy atom. The van der Waals surface area contributed by atoms with Crippen LogP contribution in [0.2, 0.25) is 0 Å². The molecule has 0 unspecified atom stereocenters. The number of hydrogen-bond donors (Lipinski definition) is 1. The van der Waals surface area contributed by atoms with Crippen LogP contribution in [0, 0.1) is 27.7 Å². The van der Waals surface area contributed by atoms with E-state index < -0.39 is 0 Å². The Kier molecular flexibility index (Phi) is 7.00. The molecule has 1 amide bonds. The maximum absolute atomic E-state index is 12.8. The minimum Gasteiger partial charge on any atom is -0.325 e. The molecule has 0 saturated heterocycles. The van der Waals surface area contributed by atoms with Gasteiger partial charge in [0.05, 0.1) is 5.75 Å². The highest BCUT2D eigenvalue weighted by Gasteiger charge is 2.18. The number of aromatic nitrogens is 3. The van der Waals surface area contributed by atoms with Crippen LogP contribution in [0.1, 0.15) is 22.3 Å². The molecule has 33 heavy (non-hydrogen) atoms. The van der Waals surface area contributed by atoms with Crippen LogP contribution in [0.4, 0.5) is 5.69 Å². The minimum atomic E-state index is -0.0703. The topological polar surface area (TPSA) is 59.8 Å². The molecule has 1 aromatic heterocycles. The molecule has 5 nitrogen and oxygen atoms in total. The Bertz CT molecular complexity index is 1290. The molecule has 4 rings (SSSR count). The van der Waals surface area contributed by atoms with E-state index in [0.29, 0.717) is 5.16 Å². The van der Waals surface area contributed by atoms with Crippen molar-refractivity contribution in [2.24, 2.45) is 0 Å². The molecule has 3 aromatic carbocycles. The van der Waals surface area contributed by atoms with Gasteiger partial charge in [-0.3, -0.25) is 9.36 Å². The second kappa shape index (κ2) is 9.93. The number of nitrogens with zero attached hydrogens (tertiary/aromatic N) is 3. The minimum absolute atomic E-state index is 0.0703. The molecule has 0 bridgehead atoms. The molecule has 0 saturated carbocycles. The van der Waals surface area contributed by atoms with Gasteiger partial charge in [0.15, 0.2) is 11.0 Å². The van der Waals surface area contributed by atoms with E-state index in [-0.39, 0.29) is 11.7 Å². The standard InChI is InChI=1S/C26H25BrN4OS/c1-16-6-5-7-22(14-16)31-25(20-8-10-21(27)11-9-20)29-30-26(31)33-15-23(32)28-24-18(3)12-17(2)13-19(24)4/h5-14H,15H2,1-4H3,(H,28,32). The van der Waals surface area contributed by atoms with E-state index in [2.05, 4.69) is 69.6 Å². The van der Waals surface area contributed by atoms with Crippen molar-refractivity contribution in [3.8, 4) is 17.1 Å². The fraction of sp³-hybridized carbons (Fsp3) is 0.192. The molecule has 7 heteroatoms. The normalized spacial score (nSPS) is 10.9. The number of thioether (sulfide) groups is 1. The molecule has 0 aliphatic heterocycles. The second-order valence-electron chi connectivity index (χ2n) is 8.10. The van der Waals surface area contributed by atoms with Gasteiger partial charge in [-0.25, -0.2) is 0 Å². The summed E-state index contributed by atoms with van der Waals surface area (Å²) in [5.74, 6) is 0.900. The first-order chi connectivity index (χ1) is 15.8. The van der Waals surface area contributed by atoms with Gasteiger partial charge in [-0.05, 0) is 68.7 Å². The van der Waals surface area contributed by atoms with E-state index in [0.717, 1.165) is 43.9 Å². The van der Waals surface area contributed by atoms with Gasteiger partial charge in [-0.2, -0.15) is 0 Å². The van der Waals surface area contributed by atoms with Crippen LogP contribution in [0.5, 0.6) is 0 Å². The second-order valence-corrected chi connectivity index (χ2v) is 9.96. The predicted molar refractivity (Wildman–Crippen MR) is 139 cm³/mol. The first kappa shape index (κ1) is 23.3. The lowest BCUT2D eigenvalue weighted by Crippen LogP contribution is -2.16. The molecular weight excluding hydrogens is 496 g/mol. The van der Waals surface area contributed by atoms with E-state index in [9.17, 15) is 4.79 Å². The molecule has 168 valence electrons. The molecule has 4 aromatic rings. The summed E-state index contributed by atoms with van der Waals surface area (Å²) in [6, 6.07) is 20.3. The zero-order valence-corrected chi connectivity index (χ0v) is 21.4. The number of amides is 1. The number of carbonyl (C=O) groups excluding carboxylic acids is 1. The van der Waals surface area contributed by atoms with Crippen LogP contribution in [0.25, 0.3) is 17.1 Å². The van der Waals surface area contributed by atoms with Crippen LogP contribution in [-0.2, 0) is 4.79 Å². The van der Waals surface area contributed by atoms with Crippen molar-refractivity contribution in [3.63, 3.8) is 0 Å². The van der Waals surface area contributed by atoms with Crippen molar-refractivity contribution in [1.29, 1.82) is 0 Å². The largest absolute Gasteiger partial charge is 0.325 e. The van der Waals surface area contributed by atoms with Crippen molar-refractivity contribution >= 4 is 39.3 Å². The highest BCUT2D eigenvalue weighted by Crippen LogP contribution is 2.29. The first-order valence-corrected chi connectivity index (χ1v) is 12.4. The lowest BCUT2D eigenvalue weighted by molar-refractivity contribution is -0.113. The summed E-state index contributed by atoms with van der Waals surface area (Å²) >= 11 is 4.86. The fourth-order valence-electron chi connectivity index (χ4n) is 3.83. The third-order valence-corrected chi connectivity index (χ3v) is 6.73. The molecule has 0 aliphatic carbocycles. The maximum atomic E-state index is 12.8. The van der Waals surface area contributed by atoms with Crippen LogP contribution in [-0.4, -0.2) is 26.4 Å². The number of aryl methyl sites for hydroxylation is 4. The monoisotopic (exact) mass is 520 g/mol. The zero-order valence-electron chi connectivity index (χ0n) is 19.0. The number of anilines is 1. The van der Waals surface area contributed by atoms with Gasteiger partial charge in [-0.15, -0.1) is 10.2 Å². The van der Waals surface area contributed by atoms with Gasteiger partial charge in [0, 0.05) is 21.4 Å². The predicted octanol–water partition coefficient (Wildman–Crippen LogP) is 6.66. The Hall–Kier alpha value is -2.90. The van der Waals surface area contributed by atoms with Crippen molar-refractivity contribution < 1.29 is 4.79 Å². The summed E-state index contributed by atoms with van der Waals surface area (Å²) < 4.78 is 3.01. The molecule has 0 fully saturated rings. The molecule has 1 heterocycles. The Morgan fingerprint density at radius 3 is 2.30 bits per heavy atom. The Balaban J connectivity index is 1.61. The first-order valence-electron chi connectivity index (χ1n) is 10.6. The SMILES string of the molecule is Cc1cccc(-n2c(SCC(=O)Nc3c(C)cc(C)cc3C)nnc2-c2ccc(Br)cc2)c1. The summed E-state index contributed by atoms with van der Waals surface area (Å²) in [6.45, 7) is 8.14. The molecular formula is C26H25BrN4OS. The fourth-order valence-corrected chi connectivity index (χ4v) is 4.85. The Morgan fingerprint density at radius 2 is 1.64 bits per heavy atom. The number of halogens is 1. The van der Waals surface area contributed by atoms with Gasteiger partial charge in [-0.1, -0.05) is 69.7 Å². The molecule has 0 radical (unpaired) electrons. The van der Waals surface area contributed by atoms with E-state index >= 15 is 0 Å². The molecule has 0 aliphatic rings. The zero-order chi connectivity index (χ0) is 23.5. The highest BCUT2D eigenvalue weighted by atomic mass is 79.9. The number of hydrogen-bond acceptors (Lipinski definition) is 4. The van der Waals surface area contributed by atoms with Gasteiger partial charge in [0.2, 0.25) is 5.91 Å². The molecule has 0 atom stereocenters. The van der Waals surface area contributed by atoms with E-state index in [1.165, 1.54) is 17.3 Å². The van der Waals surface area contributed by atoms with Crippen molar-refractivity contribution in [2.45, 2.75) is 32.9 Å². The van der Waals surface area contributed by atoms with Crippen molar-refractivity contribution in [1.82, 2.24) is 14.8 Å². The average Bonchev–Trinajstić information content (AvgIpc) is 3.19. The van der Waals surface area contributed by atoms with E-state index in [1.54, 1.807) is 0 Å². The maximum Gasteiger partial charge on any atom is 0.234 e. The van der Waals surface area contributed by atoms with Crippen molar-refractivity contribution in [2.75, 3.05) is 11.1 Å². The van der Waals surface area contributed by atoms with E-state index in [1.807, 2.05) is 54.8 Å². The molecule has 1 N–H and O–H groups in total. The smallest absolute Gasteiger partial charge is 0.234 e. The van der Waals surface area contributed by atoms with Gasteiger partial charge < -0.3 is 5.32 Å². The lowest BCUT2D eigenvalue weighted by Gasteiger charge is -2.13. The summed E-state index contributed by atoms with van der Waals surface area (Å²) in [4.78, 5) is 12.8. The quantitative estimate of drug-likeness (QED) is 0.288. The summed E-state index contributed by atoms with van der Waals surface area (Å²) in [7, 11) is 0. The summed E-state index contributed by atoms with van der Waals surface area (Å²) in [5.41, 5.74) is 7.24. The third-order valence-electron chi connectivity index (χ3n) is 5.27. The third kappa shape index (κ3) is 5.37. The average molecular weight is 521 g/mol. The van der Waals surface area contributed by atoms with Gasteiger partial charge >= 0.3 is 0 Å². The number of nitrogens with one attached hydrogen (secondary N) is 1. The number of benzene rings is 3. The van der Waals surface area contributed by atoms with Gasteiger partial charge in [0.25, 0.3) is 0 Å². The number of rotatable bonds is 6. The van der Waals surface area contributed by atoms with Crippen LogP contribution >= 0.6 is 27.7 Å². The van der Waals surface area contributed by atoms with Gasteiger partial charge in [0.1, 0.15) is 0 Å².